The highest BCUT2D eigenvalue weighted by atomic mass is 35.5. The summed E-state index contributed by atoms with van der Waals surface area (Å²) in [6.45, 7) is 2.00. The second-order valence-electron chi connectivity index (χ2n) is 4.53. The number of sulfonamides is 1. The van der Waals surface area contributed by atoms with Crippen LogP contribution in [0.2, 0.25) is 5.02 Å². The van der Waals surface area contributed by atoms with Gasteiger partial charge in [-0.25, -0.2) is 8.42 Å². The third-order valence-electron chi connectivity index (χ3n) is 2.93. The molecule has 0 saturated carbocycles. The Balaban J connectivity index is 2.29. The SMILES string of the molecule is CC1CN(S(=O)(=O)c2cccc(Cl)c2)CC(CO)O1. The standard InChI is InChI=1S/C12H16ClNO4S/c1-9-6-14(7-11(8-15)18-9)19(16,17)12-4-2-3-10(13)5-12/h2-5,9,11,15H,6-8H2,1H3. The molecule has 0 amide bonds. The fourth-order valence-corrected chi connectivity index (χ4v) is 3.92. The number of nitrogens with zero attached hydrogens (tertiary/aromatic N) is 1. The Kier molecular flexibility index (Phi) is 4.47. The van der Waals surface area contributed by atoms with Gasteiger partial charge in [0.25, 0.3) is 0 Å². The Morgan fingerprint density at radius 3 is 2.84 bits per heavy atom. The predicted octanol–water partition coefficient (Wildman–Crippen LogP) is 1.11. The van der Waals surface area contributed by atoms with Crippen LogP contribution in [0.25, 0.3) is 0 Å². The highest BCUT2D eigenvalue weighted by Crippen LogP contribution is 2.23. The van der Waals surface area contributed by atoms with Crippen molar-refractivity contribution < 1.29 is 18.3 Å². The fraction of sp³-hybridized carbons (Fsp3) is 0.500. The van der Waals surface area contributed by atoms with E-state index in [1.165, 1.54) is 16.4 Å². The van der Waals surface area contributed by atoms with E-state index in [0.717, 1.165) is 0 Å². The van der Waals surface area contributed by atoms with Gasteiger partial charge in [-0.05, 0) is 25.1 Å². The molecule has 1 fully saturated rings. The summed E-state index contributed by atoms with van der Waals surface area (Å²) in [5.74, 6) is 0. The smallest absolute Gasteiger partial charge is 0.243 e. The molecule has 7 heteroatoms. The summed E-state index contributed by atoms with van der Waals surface area (Å²) >= 11 is 5.83. The molecule has 1 aromatic rings. The van der Waals surface area contributed by atoms with E-state index in [1.807, 2.05) is 0 Å². The van der Waals surface area contributed by atoms with E-state index < -0.39 is 16.1 Å². The van der Waals surface area contributed by atoms with E-state index >= 15 is 0 Å². The Morgan fingerprint density at radius 1 is 1.47 bits per heavy atom. The van der Waals surface area contributed by atoms with E-state index in [0.29, 0.717) is 5.02 Å². The average Bonchev–Trinajstić information content (AvgIpc) is 2.38. The van der Waals surface area contributed by atoms with Gasteiger partial charge in [-0.1, -0.05) is 17.7 Å². The van der Waals surface area contributed by atoms with Crippen LogP contribution in [0.15, 0.2) is 29.2 Å². The number of morpholine rings is 1. The molecule has 0 aromatic heterocycles. The number of ether oxygens (including phenoxy) is 1. The molecule has 2 rings (SSSR count). The molecule has 0 bridgehead atoms. The molecule has 0 spiro atoms. The normalized spacial score (nSPS) is 25.4. The monoisotopic (exact) mass is 305 g/mol. The van der Waals surface area contributed by atoms with Gasteiger partial charge in [0, 0.05) is 18.1 Å². The molecule has 1 aliphatic rings. The maximum absolute atomic E-state index is 12.5. The van der Waals surface area contributed by atoms with Gasteiger partial charge in [-0.2, -0.15) is 4.31 Å². The van der Waals surface area contributed by atoms with Crippen molar-refractivity contribution in [3.63, 3.8) is 0 Å². The number of benzene rings is 1. The van der Waals surface area contributed by atoms with Gasteiger partial charge in [0.15, 0.2) is 0 Å². The minimum absolute atomic E-state index is 0.148. The van der Waals surface area contributed by atoms with Gasteiger partial charge in [0.2, 0.25) is 10.0 Å². The molecule has 1 saturated heterocycles. The molecule has 2 unspecified atom stereocenters. The van der Waals surface area contributed by atoms with Gasteiger partial charge in [0.05, 0.1) is 23.7 Å². The number of rotatable bonds is 3. The molecule has 106 valence electrons. The number of hydrogen-bond acceptors (Lipinski definition) is 4. The van der Waals surface area contributed by atoms with Crippen LogP contribution in [-0.4, -0.2) is 49.7 Å². The first-order valence-corrected chi connectivity index (χ1v) is 7.77. The van der Waals surface area contributed by atoms with Crippen LogP contribution < -0.4 is 0 Å². The summed E-state index contributed by atoms with van der Waals surface area (Å²) in [4.78, 5) is 0.158. The Hall–Kier alpha value is -0.660. The van der Waals surface area contributed by atoms with Crippen LogP contribution in [0.5, 0.6) is 0 Å². The lowest BCUT2D eigenvalue weighted by Gasteiger charge is -2.35. The summed E-state index contributed by atoms with van der Waals surface area (Å²) in [5.41, 5.74) is 0. The van der Waals surface area contributed by atoms with Crippen LogP contribution >= 0.6 is 11.6 Å². The van der Waals surface area contributed by atoms with Crippen molar-refractivity contribution in [1.82, 2.24) is 4.31 Å². The van der Waals surface area contributed by atoms with Gasteiger partial charge < -0.3 is 9.84 Å². The highest BCUT2D eigenvalue weighted by molar-refractivity contribution is 7.89. The first kappa shape index (κ1) is 14.7. The molecule has 0 aliphatic carbocycles. The lowest BCUT2D eigenvalue weighted by Crippen LogP contribution is -2.50. The molecule has 1 N–H and O–H groups in total. The Morgan fingerprint density at radius 2 is 2.21 bits per heavy atom. The molecular formula is C12H16ClNO4S. The van der Waals surface area contributed by atoms with E-state index in [9.17, 15) is 8.42 Å². The minimum Gasteiger partial charge on any atom is -0.394 e. The molecule has 2 atom stereocenters. The largest absolute Gasteiger partial charge is 0.394 e. The van der Waals surface area contributed by atoms with Crippen molar-refractivity contribution in [1.29, 1.82) is 0 Å². The van der Waals surface area contributed by atoms with Crippen molar-refractivity contribution in [3.8, 4) is 0 Å². The highest BCUT2D eigenvalue weighted by Gasteiger charge is 2.33. The zero-order chi connectivity index (χ0) is 14.0. The molecule has 0 radical (unpaired) electrons. The summed E-state index contributed by atoms with van der Waals surface area (Å²) in [7, 11) is -3.60. The zero-order valence-electron chi connectivity index (χ0n) is 10.5. The van der Waals surface area contributed by atoms with Crippen LogP contribution in [0.3, 0.4) is 0 Å². The second-order valence-corrected chi connectivity index (χ2v) is 6.91. The van der Waals surface area contributed by atoms with E-state index in [2.05, 4.69) is 0 Å². The summed E-state index contributed by atoms with van der Waals surface area (Å²) in [6.07, 6.45) is -0.738. The number of halogens is 1. The predicted molar refractivity (Wildman–Crippen MR) is 71.6 cm³/mol. The number of aliphatic hydroxyl groups excluding tert-OH is 1. The third kappa shape index (κ3) is 3.27. The summed E-state index contributed by atoms with van der Waals surface area (Å²) in [6, 6.07) is 6.15. The van der Waals surface area contributed by atoms with Gasteiger partial charge in [-0.3, -0.25) is 0 Å². The molecule has 19 heavy (non-hydrogen) atoms. The van der Waals surface area contributed by atoms with Gasteiger partial charge in [-0.15, -0.1) is 0 Å². The zero-order valence-corrected chi connectivity index (χ0v) is 12.1. The molecule has 5 nitrogen and oxygen atoms in total. The summed E-state index contributed by atoms with van der Waals surface area (Å²) in [5, 5.41) is 9.52. The molecule has 1 aliphatic heterocycles. The summed E-state index contributed by atoms with van der Waals surface area (Å²) < 4.78 is 31.7. The Bertz CT molecular complexity index is 548. The van der Waals surface area contributed by atoms with Crippen LogP contribution in [0.4, 0.5) is 0 Å². The van der Waals surface area contributed by atoms with Crippen LogP contribution in [-0.2, 0) is 14.8 Å². The lowest BCUT2D eigenvalue weighted by atomic mass is 10.2. The fourth-order valence-electron chi connectivity index (χ4n) is 2.08. The van der Waals surface area contributed by atoms with E-state index in [-0.39, 0.29) is 30.7 Å². The maximum atomic E-state index is 12.5. The average molecular weight is 306 g/mol. The van der Waals surface area contributed by atoms with Crippen molar-refractivity contribution >= 4 is 21.6 Å². The van der Waals surface area contributed by atoms with Gasteiger partial charge >= 0.3 is 0 Å². The third-order valence-corrected chi connectivity index (χ3v) is 4.99. The van der Waals surface area contributed by atoms with Gasteiger partial charge in [0.1, 0.15) is 0 Å². The van der Waals surface area contributed by atoms with E-state index in [4.69, 9.17) is 21.4 Å². The first-order valence-electron chi connectivity index (χ1n) is 5.95. The van der Waals surface area contributed by atoms with Crippen molar-refractivity contribution in [2.45, 2.75) is 24.0 Å². The lowest BCUT2D eigenvalue weighted by molar-refractivity contribution is -0.0750. The number of hydrogen-bond donors (Lipinski definition) is 1. The first-order chi connectivity index (χ1) is 8.93. The second kappa shape index (κ2) is 5.76. The Labute approximate surface area is 117 Å². The van der Waals surface area contributed by atoms with E-state index in [1.54, 1.807) is 19.1 Å². The van der Waals surface area contributed by atoms with Crippen molar-refractivity contribution in [2.75, 3.05) is 19.7 Å². The van der Waals surface area contributed by atoms with Crippen LogP contribution in [0, 0.1) is 0 Å². The number of aliphatic hydroxyl groups is 1. The topological polar surface area (TPSA) is 66.8 Å². The molecular weight excluding hydrogens is 290 g/mol. The molecule has 1 heterocycles. The van der Waals surface area contributed by atoms with Crippen molar-refractivity contribution in [3.05, 3.63) is 29.3 Å². The minimum atomic E-state index is -3.60. The molecule has 1 aromatic carbocycles. The maximum Gasteiger partial charge on any atom is 0.243 e. The van der Waals surface area contributed by atoms with Crippen molar-refractivity contribution in [2.24, 2.45) is 0 Å². The van der Waals surface area contributed by atoms with Crippen LogP contribution in [0.1, 0.15) is 6.92 Å². The quantitative estimate of drug-likeness (QED) is 0.908.